The van der Waals surface area contributed by atoms with Crippen LogP contribution >= 0.6 is 0 Å². The predicted octanol–water partition coefficient (Wildman–Crippen LogP) is -0.442. The van der Waals surface area contributed by atoms with E-state index in [2.05, 4.69) is 30.6 Å². The first-order valence-corrected chi connectivity index (χ1v) is 12.5. The summed E-state index contributed by atoms with van der Waals surface area (Å²) in [5, 5.41) is 5.47. The Labute approximate surface area is 219 Å². The molecule has 0 saturated carbocycles. The van der Waals surface area contributed by atoms with E-state index in [1.165, 1.54) is 17.6 Å². The number of carbonyl (C=O) groups excluding carboxylic acids is 4. The van der Waals surface area contributed by atoms with E-state index >= 15 is 0 Å². The van der Waals surface area contributed by atoms with Gasteiger partial charge in [-0.25, -0.2) is 9.97 Å². The molecule has 3 heterocycles. The highest BCUT2D eigenvalue weighted by molar-refractivity contribution is 5.94. The molecule has 0 aliphatic carbocycles. The minimum Gasteiger partial charge on any atom is -0.351 e. The summed E-state index contributed by atoms with van der Waals surface area (Å²) in [5.74, 6) is -1.32. The van der Waals surface area contributed by atoms with Crippen LogP contribution in [-0.2, 0) is 38.4 Å². The molecule has 38 heavy (non-hydrogen) atoms. The second-order valence-electron chi connectivity index (χ2n) is 9.26. The van der Waals surface area contributed by atoms with Gasteiger partial charge in [0.2, 0.25) is 24.0 Å². The molecule has 3 aromatic rings. The summed E-state index contributed by atoms with van der Waals surface area (Å²) < 4.78 is 0. The zero-order chi connectivity index (χ0) is 26.9. The Bertz CT molecular complexity index is 1200. The van der Waals surface area contributed by atoms with Crippen molar-refractivity contribution in [2.24, 2.45) is 5.73 Å². The summed E-state index contributed by atoms with van der Waals surface area (Å²) in [7, 11) is 0. The predicted molar refractivity (Wildman–Crippen MR) is 137 cm³/mol. The van der Waals surface area contributed by atoms with Crippen LogP contribution in [0.4, 0.5) is 0 Å². The minimum absolute atomic E-state index is 0.156. The largest absolute Gasteiger partial charge is 0.351 e. The fourth-order valence-electron chi connectivity index (χ4n) is 4.56. The number of nitrogens with zero attached hydrogens (tertiary/aromatic N) is 3. The topological polar surface area (TPSA) is 179 Å². The fourth-order valence-corrected chi connectivity index (χ4v) is 4.56. The molecule has 1 aliphatic heterocycles. The number of aromatic nitrogens is 4. The molecule has 6 N–H and O–H groups in total. The van der Waals surface area contributed by atoms with Gasteiger partial charge in [-0.1, -0.05) is 30.3 Å². The molecule has 0 unspecified atom stereocenters. The average molecular weight is 520 g/mol. The number of H-pyrrole nitrogens is 2. The number of hydrogen-bond donors (Lipinski definition) is 5. The highest BCUT2D eigenvalue weighted by atomic mass is 16.2. The Balaban J connectivity index is 1.44. The molecule has 1 radical (unpaired) electrons. The van der Waals surface area contributed by atoms with Crippen LogP contribution in [-0.4, -0.2) is 79.6 Å². The first-order chi connectivity index (χ1) is 18.4. The minimum atomic E-state index is -0.977. The Morgan fingerprint density at radius 2 is 1.71 bits per heavy atom. The van der Waals surface area contributed by atoms with Crippen molar-refractivity contribution in [2.45, 2.75) is 56.3 Å². The zero-order valence-electron chi connectivity index (χ0n) is 20.8. The van der Waals surface area contributed by atoms with Crippen LogP contribution < -0.4 is 16.4 Å². The molecule has 4 rings (SSSR count). The Kier molecular flexibility index (Phi) is 8.98. The van der Waals surface area contributed by atoms with Crippen molar-refractivity contribution >= 4 is 24.0 Å². The van der Waals surface area contributed by atoms with Crippen LogP contribution in [0.25, 0.3) is 0 Å². The number of likely N-dealkylation sites (tertiary alicyclic amines) is 1. The Morgan fingerprint density at radius 1 is 1.03 bits per heavy atom. The quantitative estimate of drug-likeness (QED) is 0.215. The first-order valence-electron chi connectivity index (χ1n) is 12.5. The lowest BCUT2D eigenvalue weighted by atomic mass is 10.0. The van der Waals surface area contributed by atoms with Gasteiger partial charge >= 0.3 is 0 Å². The molecule has 1 fully saturated rings. The number of nitrogens with one attached hydrogen (secondary N) is 4. The number of imidazole rings is 2. The highest BCUT2D eigenvalue weighted by Crippen LogP contribution is 2.19. The summed E-state index contributed by atoms with van der Waals surface area (Å²) >= 11 is 0. The van der Waals surface area contributed by atoms with Crippen molar-refractivity contribution < 1.29 is 19.2 Å². The molecule has 12 heteroatoms. The molecular formula is C26H31N8O4. The molecule has 1 aliphatic rings. The maximum Gasteiger partial charge on any atom is 0.243 e. The third-order valence-electron chi connectivity index (χ3n) is 6.48. The van der Waals surface area contributed by atoms with E-state index in [0.29, 0.717) is 30.8 Å². The molecule has 0 bridgehead atoms. The van der Waals surface area contributed by atoms with Gasteiger partial charge in [-0.05, 0) is 18.4 Å². The normalized spacial score (nSPS) is 17.4. The van der Waals surface area contributed by atoms with Crippen molar-refractivity contribution in [3.05, 3.63) is 72.3 Å². The fraction of sp³-hybridized carbons (Fsp3) is 0.385. The van der Waals surface area contributed by atoms with Gasteiger partial charge in [0.15, 0.2) is 0 Å². The standard InChI is InChI=1S/C26H31N8O4/c27-21(11-19-13-29-16-31-19)26(38)34-8-4-7-23(34)25(37)33-22(9-17-5-2-1-3-6-17)24(36)32-20(14-35)10-18-12-28-15-30-18/h1-3,5-6,12-13,15-16,20-23H,4,7-11,27H2,(H,28,30)(H,29,31)(H,32,36)(H,33,37)/t20-,21-,22-,23-/m0/s1. The van der Waals surface area contributed by atoms with Crippen molar-refractivity contribution in [1.82, 2.24) is 35.5 Å². The van der Waals surface area contributed by atoms with E-state index in [1.807, 2.05) is 36.6 Å². The van der Waals surface area contributed by atoms with Gasteiger partial charge in [-0.2, -0.15) is 0 Å². The van der Waals surface area contributed by atoms with Crippen LogP contribution in [0.15, 0.2) is 55.4 Å². The van der Waals surface area contributed by atoms with Crippen molar-refractivity contribution in [3.63, 3.8) is 0 Å². The van der Waals surface area contributed by atoms with Gasteiger partial charge in [-0.3, -0.25) is 19.2 Å². The maximum absolute atomic E-state index is 13.4. The summed E-state index contributed by atoms with van der Waals surface area (Å²) in [5.41, 5.74) is 8.22. The summed E-state index contributed by atoms with van der Waals surface area (Å²) in [4.78, 5) is 66.6. The smallest absolute Gasteiger partial charge is 0.243 e. The molecule has 199 valence electrons. The number of benzene rings is 1. The number of nitrogens with two attached hydrogens (primary N) is 1. The van der Waals surface area contributed by atoms with Crippen LogP contribution in [0.3, 0.4) is 0 Å². The first kappa shape index (κ1) is 26.7. The second-order valence-corrected chi connectivity index (χ2v) is 9.26. The van der Waals surface area contributed by atoms with Gasteiger partial charge in [0.1, 0.15) is 18.1 Å². The van der Waals surface area contributed by atoms with Gasteiger partial charge < -0.3 is 31.2 Å². The number of amides is 3. The molecule has 1 aromatic carbocycles. The van der Waals surface area contributed by atoms with Crippen molar-refractivity contribution in [2.75, 3.05) is 6.54 Å². The van der Waals surface area contributed by atoms with E-state index in [9.17, 15) is 19.2 Å². The monoisotopic (exact) mass is 519 g/mol. The van der Waals surface area contributed by atoms with E-state index in [4.69, 9.17) is 5.73 Å². The average Bonchev–Trinajstić information content (AvgIpc) is 3.71. The third-order valence-corrected chi connectivity index (χ3v) is 6.48. The number of aromatic amines is 2. The highest BCUT2D eigenvalue weighted by Gasteiger charge is 2.38. The van der Waals surface area contributed by atoms with Gasteiger partial charge in [0.05, 0.1) is 30.1 Å². The molecule has 4 atom stereocenters. The SMILES string of the molecule is N[C@@H](Cc1c[nH]cn1)C(=O)N1CCC[C@H]1C(=O)N[C@@H](Cc1ccccc1)C(=O)N[C@H]([C]=O)Cc1c[nH]cn1. The van der Waals surface area contributed by atoms with Crippen molar-refractivity contribution in [3.8, 4) is 0 Å². The lowest BCUT2D eigenvalue weighted by Gasteiger charge is -2.28. The number of rotatable bonds is 12. The zero-order valence-corrected chi connectivity index (χ0v) is 20.8. The van der Waals surface area contributed by atoms with Crippen LogP contribution in [0.2, 0.25) is 0 Å². The Hall–Kier alpha value is -4.32. The van der Waals surface area contributed by atoms with Gasteiger partial charge in [0, 0.05) is 38.2 Å². The maximum atomic E-state index is 13.4. The number of hydrogen-bond acceptors (Lipinski definition) is 7. The second kappa shape index (κ2) is 12.8. The lowest BCUT2D eigenvalue weighted by Crippen LogP contribution is -2.57. The summed E-state index contributed by atoms with van der Waals surface area (Å²) in [6.45, 7) is 0.395. The van der Waals surface area contributed by atoms with Gasteiger partial charge in [-0.15, -0.1) is 0 Å². The van der Waals surface area contributed by atoms with E-state index < -0.39 is 36.0 Å². The van der Waals surface area contributed by atoms with E-state index in [1.54, 1.807) is 12.4 Å². The summed E-state index contributed by atoms with van der Waals surface area (Å²) in [6.07, 6.45) is 9.81. The molecule has 3 amide bonds. The molecule has 0 spiro atoms. The van der Waals surface area contributed by atoms with E-state index in [-0.39, 0.29) is 25.2 Å². The van der Waals surface area contributed by atoms with Gasteiger partial charge in [0.25, 0.3) is 0 Å². The third kappa shape index (κ3) is 6.91. The van der Waals surface area contributed by atoms with Crippen LogP contribution in [0.1, 0.15) is 29.8 Å². The molecule has 12 nitrogen and oxygen atoms in total. The van der Waals surface area contributed by atoms with Crippen LogP contribution in [0.5, 0.6) is 0 Å². The summed E-state index contributed by atoms with van der Waals surface area (Å²) in [6, 6.07) is 5.70. The molecule has 2 aromatic heterocycles. The number of carbonyl (C=O) groups is 3. The molecular weight excluding hydrogens is 488 g/mol. The van der Waals surface area contributed by atoms with E-state index in [0.717, 1.165) is 5.56 Å². The van der Waals surface area contributed by atoms with Crippen molar-refractivity contribution in [1.29, 1.82) is 0 Å². The van der Waals surface area contributed by atoms with Crippen LogP contribution in [0, 0.1) is 0 Å². The molecule has 1 saturated heterocycles. The lowest BCUT2D eigenvalue weighted by molar-refractivity contribution is -0.140. The Morgan fingerprint density at radius 3 is 2.34 bits per heavy atom.